The fourth-order valence-corrected chi connectivity index (χ4v) is 2.29. The van der Waals surface area contributed by atoms with Crippen molar-refractivity contribution in [1.29, 1.82) is 0 Å². The Morgan fingerprint density at radius 2 is 1.88 bits per heavy atom. The molecule has 8 heavy (non-hydrogen) atoms. The van der Waals surface area contributed by atoms with Gasteiger partial charge in [-0.3, -0.25) is 0 Å². The van der Waals surface area contributed by atoms with Crippen molar-refractivity contribution < 1.29 is 0 Å². The minimum absolute atomic E-state index is 0.875. The Morgan fingerprint density at radius 1 is 1.38 bits per heavy atom. The maximum Gasteiger partial charge on any atom is 0.0106 e. The van der Waals surface area contributed by atoms with Crippen LogP contribution in [0, 0.1) is 0 Å². The monoisotopic (exact) mass is 128 g/mol. The lowest BCUT2D eigenvalue weighted by atomic mass is 10.0. The highest BCUT2D eigenvalue weighted by Gasteiger charge is 2.25. The molecule has 0 unspecified atom stereocenters. The van der Waals surface area contributed by atoms with Crippen LogP contribution in [0.5, 0.6) is 0 Å². The van der Waals surface area contributed by atoms with Gasteiger partial charge in [-0.15, -0.1) is 0 Å². The van der Waals surface area contributed by atoms with Crippen LogP contribution in [0.15, 0.2) is 0 Å². The summed E-state index contributed by atoms with van der Waals surface area (Å²) < 4.78 is 0. The Kier molecular flexibility index (Phi) is 1.76. The van der Waals surface area contributed by atoms with Crippen molar-refractivity contribution in [3.8, 4) is 0 Å². The third kappa shape index (κ3) is 1.13. The van der Waals surface area contributed by atoms with E-state index in [4.69, 9.17) is 0 Å². The molecule has 1 aliphatic rings. The van der Waals surface area contributed by atoms with Gasteiger partial charge in [0, 0.05) is 10.2 Å². The zero-order valence-electron chi connectivity index (χ0n) is 6.04. The molecule has 0 aromatic rings. The SMILES string of the molecule is CCC1([SiH3])CCCC1. The summed E-state index contributed by atoms with van der Waals surface area (Å²) in [4.78, 5) is 0. The second-order valence-corrected chi connectivity index (χ2v) is 5.49. The van der Waals surface area contributed by atoms with Crippen LogP contribution < -0.4 is 0 Å². The Hall–Kier alpha value is 0.217. The average molecular weight is 128 g/mol. The van der Waals surface area contributed by atoms with Crippen LogP contribution in [-0.2, 0) is 0 Å². The van der Waals surface area contributed by atoms with E-state index in [1.54, 1.807) is 0 Å². The highest BCUT2D eigenvalue weighted by Crippen LogP contribution is 2.44. The van der Waals surface area contributed by atoms with Crippen molar-refractivity contribution in [2.75, 3.05) is 0 Å². The van der Waals surface area contributed by atoms with Crippen molar-refractivity contribution in [2.24, 2.45) is 0 Å². The summed E-state index contributed by atoms with van der Waals surface area (Å²) in [6.07, 6.45) is 7.54. The predicted molar refractivity (Wildman–Crippen MR) is 41.4 cm³/mol. The minimum Gasteiger partial charge on any atom is -0.0652 e. The van der Waals surface area contributed by atoms with Crippen LogP contribution in [0.25, 0.3) is 0 Å². The molecule has 0 saturated heterocycles. The first kappa shape index (κ1) is 6.34. The van der Waals surface area contributed by atoms with Gasteiger partial charge in [0.25, 0.3) is 0 Å². The van der Waals surface area contributed by atoms with Gasteiger partial charge in [-0.1, -0.05) is 39.0 Å². The molecule has 0 nitrogen and oxygen atoms in total. The fourth-order valence-electron chi connectivity index (χ4n) is 1.58. The van der Waals surface area contributed by atoms with E-state index in [9.17, 15) is 0 Å². The molecule has 1 fully saturated rings. The third-order valence-electron chi connectivity index (χ3n) is 2.66. The summed E-state index contributed by atoms with van der Waals surface area (Å²) in [6.45, 7) is 2.35. The van der Waals surface area contributed by atoms with Crippen LogP contribution in [0.3, 0.4) is 0 Å². The molecule has 1 rings (SSSR count). The Labute approximate surface area is 55.1 Å². The van der Waals surface area contributed by atoms with Gasteiger partial charge in [0.1, 0.15) is 0 Å². The molecule has 0 aliphatic heterocycles. The van der Waals surface area contributed by atoms with Gasteiger partial charge in [0.05, 0.1) is 0 Å². The Bertz CT molecular complexity index is 72.5. The second-order valence-electron chi connectivity index (χ2n) is 3.37. The minimum atomic E-state index is 0.875. The molecule has 0 bridgehead atoms. The summed E-state index contributed by atoms with van der Waals surface area (Å²) in [5.74, 6) is 0. The maximum absolute atomic E-state index is 2.35. The summed E-state index contributed by atoms with van der Waals surface area (Å²) in [6, 6.07) is 0. The van der Waals surface area contributed by atoms with Gasteiger partial charge in [-0.05, 0) is 5.04 Å². The van der Waals surface area contributed by atoms with Crippen LogP contribution in [-0.4, -0.2) is 10.2 Å². The normalized spacial score (nSPS) is 26.6. The highest BCUT2D eigenvalue weighted by atomic mass is 28.1. The van der Waals surface area contributed by atoms with Crippen molar-refractivity contribution >= 4 is 10.2 Å². The van der Waals surface area contributed by atoms with E-state index in [0.717, 1.165) is 5.04 Å². The summed E-state index contributed by atoms with van der Waals surface area (Å²) in [5.41, 5.74) is 0. The molecule has 0 spiro atoms. The van der Waals surface area contributed by atoms with Crippen molar-refractivity contribution in [3.63, 3.8) is 0 Å². The standard InChI is InChI=1S/C7H16Si/c1-2-7(8)5-3-4-6-7/h2-6H2,1,8H3. The molecule has 0 amide bonds. The molecule has 1 saturated carbocycles. The molecular formula is C7H16Si. The zero-order valence-corrected chi connectivity index (χ0v) is 8.04. The highest BCUT2D eigenvalue weighted by molar-refractivity contribution is 6.15. The molecule has 1 aliphatic carbocycles. The van der Waals surface area contributed by atoms with E-state index in [1.807, 2.05) is 0 Å². The molecule has 0 aromatic carbocycles. The summed E-state index contributed by atoms with van der Waals surface area (Å²) in [5, 5.41) is 0.875. The van der Waals surface area contributed by atoms with Crippen LogP contribution in [0.1, 0.15) is 39.0 Å². The molecule has 0 heterocycles. The van der Waals surface area contributed by atoms with E-state index in [-0.39, 0.29) is 0 Å². The zero-order chi connectivity index (χ0) is 6.04. The van der Waals surface area contributed by atoms with Crippen molar-refractivity contribution in [2.45, 2.75) is 44.1 Å². The largest absolute Gasteiger partial charge is 0.0652 e. The molecule has 48 valence electrons. The van der Waals surface area contributed by atoms with Gasteiger partial charge in [0.15, 0.2) is 0 Å². The number of hydrogen-bond donors (Lipinski definition) is 0. The van der Waals surface area contributed by atoms with E-state index >= 15 is 0 Å². The lowest BCUT2D eigenvalue weighted by Gasteiger charge is -2.19. The number of hydrogen-bond acceptors (Lipinski definition) is 0. The van der Waals surface area contributed by atoms with Crippen molar-refractivity contribution in [3.05, 3.63) is 0 Å². The second kappa shape index (κ2) is 2.22. The van der Waals surface area contributed by atoms with E-state index in [1.165, 1.54) is 42.3 Å². The van der Waals surface area contributed by atoms with Crippen LogP contribution >= 0.6 is 0 Å². The van der Waals surface area contributed by atoms with Gasteiger partial charge in [0.2, 0.25) is 0 Å². The van der Waals surface area contributed by atoms with Gasteiger partial charge in [-0.2, -0.15) is 0 Å². The van der Waals surface area contributed by atoms with Crippen molar-refractivity contribution in [1.82, 2.24) is 0 Å². The molecule has 0 aromatic heterocycles. The molecule has 0 N–H and O–H groups in total. The third-order valence-corrected chi connectivity index (χ3v) is 4.37. The lowest BCUT2D eigenvalue weighted by molar-refractivity contribution is 0.558. The van der Waals surface area contributed by atoms with Gasteiger partial charge in [-0.25, -0.2) is 0 Å². The topological polar surface area (TPSA) is 0 Å². The average Bonchev–Trinajstić information content (AvgIpc) is 2.17. The van der Waals surface area contributed by atoms with E-state index < -0.39 is 0 Å². The summed E-state index contributed by atoms with van der Waals surface area (Å²) in [7, 11) is 1.43. The maximum atomic E-state index is 2.35. The Morgan fingerprint density at radius 3 is 2.12 bits per heavy atom. The Balaban J connectivity index is 2.40. The van der Waals surface area contributed by atoms with Gasteiger partial charge >= 0.3 is 0 Å². The first-order valence-corrected chi connectivity index (χ1v) is 4.77. The molecule has 0 atom stereocenters. The van der Waals surface area contributed by atoms with Crippen LogP contribution in [0.2, 0.25) is 5.04 Å². The predicted octanol–water partition coefficient (Wildman–Crippen LogP) is 1.49. The number of rotatable bonds is 1. The smallest absolute Gasteiger partial charge is 0.0106 e. The van der Waals surface area contributed by atoms with E-state index in [2.05, 4.69) is 6.92 Å². The lowest BCUT2D eigenvalue weighted by Crippen LogP contribution is -2.04. The molecule has 1 heteroatoms. The molecular weight excluding hydrogens is 112 g/mol. The van der Waals surface area contributed by atoms with E-state index in [0.29, 0.717) is 0 Å². The first-order chi connectivity index (χ1) is 3.77. The first-order valence-electron chi connectivity index (χ1n) is 3.77. The summed E-state index contributed by atoms with van der Waals surface area (Å²) >= 11 is 0. The van der Waals surface area contributed by atoms with Gasteiger partial charge < -0.3 is 0 Å². The van der Waals surface area contributed by atoms with Crippen LogP contribution in [0.4, 0.5) is 0 Å². The fraction of sp³-hybridized carbons (Fsp3) is 1.00. The quantitative estimate of drug-likeness (QED) is 0.469. The molecule has 0 radical (unpaired) electrons.